The minimum absolute atomic E-state index is 0.0784. The zero-order valence-corrected chi connectivity index (χ0v) is 15.5. The highest BCUT2D eigenvalue weighted by atomic mass is 32.1. The standard InChI is InChI=1S/C20H23N3OS/c1-3-4-5-14-7-8-17(25-14)15-10-19(24)21-11-16-20(15)23-12-13(2)6-9-18(23)22-16/h6-9,12,15H,3-5,10-11H2,1-2H3,(H,21,24)/t15-/m1/s1. The summed E-state index contributed by atoms with van der Waals surface area (Å²) < 4.78 is 2.18. The van der Waals surface area contributed by atoms with Crippen LogP contribution in [0.1, 0.15) is 58.8 Å². The van der Waals surface area contributed by atoms with Gasteiger partial charge in [-0.15, -0.1) is 11.3 Å². The number of carbonyl (C=O) groups is 1. The number of hydrogen-bond donors (Lipinski definition) is 1. The molecule has 0 fully saturated rings. The molecule has 1 atom stereocenters. The van der Waals surface area contributed by atoms with Crippen LogP contribution in [0, 0.1) is 6.92 Å². The van der Waals surface area contributed by atoms with Gasteiger partial charge in [0.1, 0.15) is 5.65 Å². The van der Waals surface area contributed by atoms with Gasteiger partial charge >= 0.3 is 0 Å². The van der Waals surface area contributed by atoms with Crippen LogP contribution >= 0.6 is 11.3 Å². The van der Waals surface area contributed by atoms with Crippen molar-refractivity contribution in [2.75, 3.05) is 0 Å². The van der Waals surface area contributed by atoms with E-state index in [1.54, 1.807) is 0 Å². The average Bonchev–Trinajstić information content (AvgIpc) is 3.16. The summed E-state index contributed by atoms with van der Waals surface area (Å²) in [5, 5.41) is 3.01. The number of carbonyl (C=O) groups excluding carboxylic acids is 1. The van der Waals surface area contributed by atoms with Crippen molar-refractivity contribution in [2.45, 2.75) is 52.0 Å². The molecular weight excluding hydrogens is 330 g/mol. The lowest BCUT2D eigenvalue weighted by Gasteiger charge is -2.14. The number of unbranched alkanes of at least 4 members (excludes halogenated alkanes) is 1. The summed E-state index contributed by atoms with van der Waals surface area (Å²) in [6, 6.07) is 8.58. The van der Waals surface area contributed by atoms with Crippen LogP contribution in [0.5, 0.6) is 0 Å². The van der Waals surface area contributed by atoms with Crippen LogP contribution < -0.4 is 5.32 Å². The number of pyridine rings is 1. The molecule has 0 aromatic carbocycles. The lowest BCUT2D eigenvalue weighted by atomic mass is 9.98. The lowest BCUT2D eigenvalue weighted by Crippen LogP contribution is -2.21. The average molecular weight is 353 g/mol. The molecule has 0 spiro atoms. The molecule has 4 rings (SSSR count). The van der Waals surface area contributed by atoms with Crippen LogP contribution in [0.4, 0.5) is 0 Å². The van der Waals surface area contributed by atoms with Gasteiger partial charge in [-0.05, 0) is 43.5 Å². The summed E-state index contributed by atoms with van der Waals surface area (Å²) in [6.45, 7) is 4.82. The molecule has 4 nitrogen and oxygen atoms in total. The Balaban J connectivity index is 1.81. The molecule has 3 aromatic heterocycles. The first-order valence-corrected chi connectivity index (χ1v) is 9.80. The second-order valence-electron chi connectivity index (χ2n) is 6.82. The summed E-state index contributed by atoms with van der Waals surface area (Å²) in [7, 11) is 0. The molecule has 25 heavy (non-hydrogen) atoms. The molecule has 0 aliphatic carbocycles. The molecule has 1 aliphatic heterocycles. The number of fused-ring (bicyclic) bond motifs is 3. The van der Waals surface area contributed by atoms with E-state index in [-0.39, 0.29) is 11.8 Å². The Bertz CT molecular complexity index is 924. The van der Waals surface area contributed by atoms with Crippen molar-refractivity contribution in [3.05, 3.63) is 57.2 Å². The number of rotatable bonds is 4. The number of aromatic nitrogens is 2. The largest absolute Gasteiger partial charge is 0.350 e. The van der Waals surface area contributed by atoms with Crippen LogP contribution in [0.3, 0.4) is 0 Å². The van der Waals surface area contributed by atoms with Gasteiger partial charge in [0.15, 0.2) is 0 Å². The predicted molar refractivity (Wildman–Crippen MR) is 101 cm³/mol. The van der Waals surface area contributed by atoms with Crippen molar-refractivity contribution in [1.82, 2.24) is 14.7 Å². The molecule has 1 N–H and O–H groups in total. The Labute approximate surface area is 151 Å². The highest BCUT2D eigenvalue weighted by Crippen LogP contribution is 2.37. The van der Waals surface area contributed by atoms with Crippen LogP contribution in [0.25, 0.3) is 5.65 Å². The number of hydrogen-bond acceptors (Lipinski definition) is 3. The summed E-state index contributed by atoms with van der Waals surface area (Å²) in [6.07, 6.45) is 6.16. The van der Waals surface area contributed by atoms with Gasteiger partial charge in [-0.1, -0.05) is 19.4 Å². The molecule has 0 bridgehead atoms. The fourth-order valence-corrected chi connectivity index (χ4v) is 4.71. The van der Waals surface area contributed by atoms with Crippen LogP contribution in [0.2, 0.25) is 0 Å². The highest BCUT2D eigenvalue weighted by Gasteiger charge is 2.29. The highest BCUT2D eigenvalue weighted by molar-refractivity contribution is 7.12. The van der Waals surface area contributed by atoms with Gasteiger partial charge in [0.05, 0.1) is 17.9 Å². The number of imidazole rings is 1. The van der Waals surface area contributed by atoms with E-state index < -0.39 is 0 Å². The van der Waals surface area contributed by atoms with Gasteiger partial charge < -0.3 is 9.72 Å². The van der Waals surface area contributed by atoms with E-state index in [4.69, 9.17) is 4.98 Å². The Morgan fingerprint density at radius 3 is 3.04 bits per heavy atom. The van der Waals surface area contributed by atoms with Gasteiger partial charge in [-0.3, -0.25) is 4.79 Å². The molecule has 1 amide bonds. The van der Waals surface area contributed by atoms with E-state index in [0.717, 1.165) is 17.8 Å². The smallest absolute Gasteiger partial charge is 0.221 e. The van der Waals surface area contributed by atoms with E-state index in [9.17, 15) is 4.79 Å². The first kappa shape index (κ1) is 16.3. The topological polar surface area (TPSA) is 46.4 Å². The summed E-state index contributed by atoms with van der Waals surface area (Å²) in [4.78, 5) is 19.7. The molecule has 0 unspecified atom stereocenters. The minimum atomic E-state index is 0.0784. The normalized spacial score (nSPS) is 17.4. The molecule has 0 saturated carbocycles. The molecular formula is C20H23N3OS. The van der Waals surface area contributed by atoms with Crippen LogP contribution in [-0.2, 0) is 17.8 Å². The van der Waals surface area contributed by atoms with Crippen molar-refractivity contribution < 1.29 is 4.79 Å². The maximum absolute atomic E-state index is 12.3. The monoisotopic (exact) mass is 353 g/mol. The third kappa shape index (κ3) is 3.09. The number of nitrogens with zero attached hydrogens (tertiary/aromatic N) is 2. The van der Waals surface area contributed by atoms with E-state index >= 15 is 0 Å². The van der Waals surface area contributed by atoms with Crippen LogP contribution in [-0.4, -0.2) is 15.3 Å². The van der Waals surface area contributed by atoms with Crippen LogP contribution in [0.15, 0.2) is 30.5 Å². The Morgan fingerprint density at radius 2 is 2.20 bits per heavy atom. The zero-order chi connectivity index (χ0) is 17.4. The van der Waals surface area contributed by atoms with Gasteiger partial charge in [-0.2, -0.15) is 0 Å². The summed E-state index contributed by atoms with van der Waals surface area (Å²) in [5.41, 5.74) is 4.32. The molecule has 5 heteroatoms. The maximum Gasteiger partial charge on any atom is 0.221 e. The van der Waals surface area contributed by atoms with Crippen molar-refractivity contribution in [1.29, 1.82) is 0 Å². The Kier molecular flexibility index (Phi) is 4.34. The minimum Gasteiger partial charge on any atom is -0.350 e. The summed E-state index contributed by atoms with van der Waals surface area (Å²) in [5.74, 6) is 0.183. The molecule has 3 aromatic rings. The van der Waals surface area contributed by atoms with E-state index in [1.165, 1.54) is 33.9 Å². The number of aryl methyl sites for hydroxylation is 2. The van der Waals surface area contributed by atoms with Crippen molar-refractivity contribution in [2.24, 2.45) is 0 Å². The van der Waals surface area contributed by atoms with Gasteiger partial charge in [-0.25, -0.2) is 4.98 Å². The van der Waals surface area contributed by atoms with Gasteiger partial charge in [0, 0.05) is 28.3 Å². The second kappa shape index (κ2) is 6.64. The lowest BCUT2D eigenvalue weighted by molar-refractivity contribution is -0.121. The number of amides is 1. The summed E-state index contributed by atoms with van der Waals surface area (Å²) >= 11 is 1.85. The molecule has 0 radical (unpaired) electrons. The third-order valence-corrected chi connectivity index (χ3v) is 6.11. The van der Waals surface area contributed by atoms with Crippen molar-refractivity contribution in [3.63, 3.8) is 0 Å². The van der Waals surface area contributed by atoms with Crippen molar-refractivity contribution in [3.8, 4) is 0 Å². The SMILES string of the molecule is CCCCc1ccc([C@H]2CC(=O)NCc3nc4ccc(C)cn4c32)s1. The quantitative estimate of drug-likeness (QED) is 0.764. The number of thiophene rings is 1. The van der Waals surface area contributed by atoms with E-state index in [2.05, 4.69) is 54.0 Å². The molecule has 4 heterocycles. The molecule has 0 saturated heterocycles. The fraction of sp³-hybridized carbons (Fsp3) is 0.400. The van der Waals surface area contributed by atoms with Gasteiger partial charge in [0.2, 0.25) is 5.91 Å². The first-order chi connectivity index (χ1) is 12.2. The van der Waals surface area contributed by atoms with Crippen molar-refractivity contribution >= 4 is 22.9 Å². The predicted octanol–water partition coefficient (Wildman–Crippen LogP) is 4.20. The van der Waals surface area contributed by atoms with E-state index in [0.29, 0.717) is 13.0 Å². The van der Waals surface area contributed by atoms with Gasteiger partial charge in [0.25, 0.3) is 0 Å². The third-order valence-electron chi connectivity index (χ3n) is 4.85. The fourth-order valence-electron chi connectivity index (χ4n) is 3.56. The zero-order valence-electron chi connectivity index (χ0n) is 14.7. The maximum atomic E-state index is 12.3. The Hall–Kier alpha value is -2.14. The van der Waals surface area contributed by atoms with E-state index in [1.807, 2.05) is 11.3 Å². The second-order valence-corrected chi connectivity index (χ2v) is 8.02. The molecule has 130 valence electrons. The number of nitrogens with one attached hydrogen (secondary N) is 1. The first-order valence-electron chi connectivity index (χ1n) is 8.98. The Morgan fingerprint density at radius 1 is 1.32 bits per heavy atom. The molecule has 1 aliphatic rings.